The van der Waals surface area contributed by atoms with Crippen LogP contribution in [0.4, 0.5) is 0 Å². The van der Waals surface area contributed by atoms with Crippen LogP contribution in [0.1, 0.15) is 0 Å². The molecule has 0 aromatic rings. The van der Waals surface area contributed by atoms with Gasteiger partial charge in [0, 0.05) is 12.7 Å². The molecule has 0 aromatic heterocycles. The zero-order valence-electron chi connectivity index (χ0n) is 4.78. The van der Waals surface area contributed by atoms with Crippen molar-refractivity contribution in [3.63, 3.8) is 0 Å². The van der Waals surface area contributed by atoms with Gasteiger partial charge in [-0.2, -0.15) is 0 Å². The van der Waals surface area contributed by atoms with Crippen molar-refractivity contribution in [2.45, 2.75) is 12.2 Å². The van der Waals surface area contributed by atoms with Gasteiger partial charge < -0.3 is 20.6 Å². The molecule has 52 valence electrons. The summed E-state index contributed by atoms with van der Waals surface area (Å²) in [7, 11) is 0. The maximum atomic E-state index is 8.84. The lowest BCUT2D eigenvalue weighted by atomic mass is 10.1. The topological polar surface area (TPSA) is 72.7 Å². The van der Waals surface area contributed by atoms with Crippen molar-refractivity contribution in [3.8, 4) is 0 Å². The molecule has 2 atom stereocenters. The number of aliphatic hydroxyl groups excluding tert-OH is 3. The molecule has 0 bridgehead atoms. The van der Waals surface area contributed by atoms with E-state index in [9.17, 15) is 0 Å². The average molecular weight is 131 g/mol. The molecule has 4 heteroatoms. The molecule has 1 aliphatic rings. The molecule has 0 radical (unpaired) electrons. The normalized spacial score (nSPS) is 35.1. The minimum atomic E-state index is -1.12. The Bertz CT molecular complexity index is 134. The molecule has 0 aliphatic carbocycles. The van der Waals surface area contributed by atoms with E-state index in [-0.39, 0.29) is 12.3 Å². The van der Waals surface area contributed by atoms with Gasteiger partial charge in [0.05, 0.1) is 0 Å². The number of hydrogen-bond acceptors (Lipinski definition) is 4. The third-order valence-electron chi connectivity index (χ3n) is 1.24. The summed E-state index contributed by atoms with van der Waals surface area (Å²) in [5.74, 6) is -0.214. The van der Waals surface area contributed by atoms with Gasteiger partial charge in [0.1, 0.15) is 18.0 Å². The van der Waals surface area contributed by atoms with Gasteiger partial charge in [-0.15, -0.1) is 0 Å². The molecule has 0 saturated heterocycles. The lowest BCUT2D eigenvalue weighted by Gasteiger charge is -2.21. The van der Waals surface area contributed by atoms with Crippen LogP contribution in [0.25, 0.3) is 0 Å². The Balaban J connectivity index is 2.62. The van der Waals surface area contributed by atoms with E-state index >= 15 is 0 Å². The molecular weight excluding hydrogens is 122 g/mol. The zero-order chi connectivity index (χ0) is 6.85. The van der Waals surface area contributed by atoms with Gasteiger partial charge in [-0.25, -0.2) is 0 Å². The highest BCUT2D eigenvalue weighted by Gasteiger charge is 2.22. The molecule has 1 heterocycles. The zero-order valence-corrected chi connectivity index (χ0v) is 4.78. The largest absolute Gasteiger partial charge is 0.508 e. The van der Waals surface area contributed by atoms with E-state index < -0.39 is 12.2 Å². The maximum absolute atomic E-state index is 8.84. The molecule has 4 nitrogen and oxygen atoms in total. The molecular formula is C5H9NO3. The second-order valence-corrected chi connectivity index (χ2v) is 1.99. The summed E-state index contributed by atoms with van der Waals surface area (Å²) in [6.45, 7) is 0.283. The number of nitrogens with one attached hydrogen (secondary N) is 1. The highest BCUT2D eigenvalue weighted by atomic mass is 16.4. The third kappa shape index (κ3) is 1.14. The molecule has 0 spiro atoms. The van der Waals surface area contributed by atoms with Crippen molar-refractivity contribution in [2.75, 3.05) is 6.54 Å². The summed E-state index contributed by atoms with van der Waals surface area (Å²) in [6.07, 6.45) is -0.738. The predicted molar refractivity (Wildman–Crippen MR) is 30.7 cm³/mol. The molecule has 9 heavy (non-hydrogen) atoms. The van der Waals surface area contributed by atoms with Crippen molar-refractivity contribution < 1.29 is 15.3 Å². The second kappa shape index (κ2) is 2.24. The number of β-amino-alcohol motifs (C(OH)–C–C–N with tert-alkyl or cyclic N) is 1. The smallest absolute Gasteiger partial charge is 0.140 e. The first-order valence-corrected chi connectivity index (χ1v) is 2.70. The van der Waals surface area contributed by atoms with E-state index in [1.807, 2.05) is 0 Å². The number of rotatable bonds is 0. The van der Waals surface area contributed by atoms with Gasteiger partial charge >= 0.3 is 0 Å². The van der Waals surface area contributed by atoms with Crippen LogP contribution in [0.15, 0.2) is 12.0 Å². The fourth-order valence-corrected chi connectivity index (χ4v) is 0.678. The Kier molecular flexibility index (Phi) is 1.59. The molecule has 0 saturated carbocycles. The van der Waals surface area contributed by atoms with Crippen LogP contribution in [0.3, 0.4) is 0 Å². The van der Waals surface area contributed by atoms with Crippen LogP contribution in [0, 0.1) is 0 Å². The first kappa shape index (κ1) is 6.38. The minimum absolute atomic E-state index is 0.214. The van der Waals surface area contributed by atoms with E-state index in [0.29, 0.717) is 0 Å². The van der Waals surface area contributed by atoms with Crippen molar-refractivity contribution >= 4 is 0 Å². The van der Waals surface area contributed by atoms with Gasteiger partial charge in [0.25, 0.3) is 0 Å². The highest BCUT2D eigenvalue weighted by Crippen LogP contribution is 2.05. The minimum Gasteiger partial charge on any atom is -0.508 e. The molecule has 2 unspecified atom stereocenters. The summed E-state index contributed by atoms with van der Waals surface area (Å²) >= 11 is 0. The standard InChI is InChI=1S/C5H9NO3/c7-3-1-6-2-4(8)5(3)9/h1,4-9H,2H2. The molecule has 4 N–H and O–H groups in total. The summed E-state index contributed by atoms with van der Waals surface area (Å²) in [5, 5.41) is 29.0. The Labute approximate surface area is 52.4 Å². The molecule has 1 rings (SSSR count). The fourth-order valence-electron chi connectivity index (χ4n) is 0.678. The number of aliphatic hydroxyl groups is 3. The van der Waals surface area contributed by atoms with E-state index in [1.165, 1.54) is 6.20 Å². The summed E-state index contributed by atoms with van der Waals surface area (Å²) in [4.78, 5) is 0. The van der Waals surface area contributed by atoms with Crippen LogP contribution in [0.2, 0.25) is 0 Å². The summed E-state index contributed by atoms with van der Waals surface area (Å²) in [6, 6.07) is 0. The summed E-state index contributed by atoms with van der Waals surface area (Å²) in [5.41, 5.74) is 0. The van der Waals surface area contributed by atoms with E-state index in [0.717, 1.165) is 0 Å². The Morgan fingerprint density at radius 2 is 2.22 bits per heavy atom. The van der Waals surface area contributed by atoms with Gasteiger partial charge in [-0.3, -0.25) is 0 Å². The average Bonchev–Trinajstić information content (AvgIpc) is 1.83. The number of hydrogen-bond donors (Lipinski definition) is 4. The van der Waals surface area contributed by atoms with Crippen LogP contribution in [-0.4, -0.2) is 34.1 Å². The summed E-state index contributed by atoms with van der Waals surface area (Å²) < 4.78 is 0. The molecule has 1 aliphatic heterocycles. The Hall–Kier alpha value is -0.740. The molecule has 0 amide bonds. The van der Waals surface area contributed by atoms with Gasteiger partial charge in [-0.05, 0) is 0 Å². The van der Waals surface area contributed by atoms with Crippen LogP contribution in [0.5, 0.6) is 0 Å². The van der Waals surface area contributed by atoms with Crippen LogP contribution < -0.4 is 5.32 Å². The third-order valence-corrected chi connectivity index (χ3v) is 1.24. The van der Waals surface area contributed by atoms with Crippen molar-refractivity contribution in [2.24, 2.45) is 0 Å². The lowest BCUT2D eigenvalue weighted by molar-refractivity contribution is 0.0123. The maximum Gasteiger partial charge on any atom is 0.140 e. The Morgan fingerprint density at radius 3 is 2.67 bits per heavy atom. The van der Waals surface area contributed by atoms with Gasteiger partial charge in [0.2, 0.25) is 0 Å². The molecule has 0 aromatic carbocycles. The Morgan fingerprint density at radius 1 is 1.56 bits per heavy atom. The van der Waals surface area contributed by atoms with E-state index in [1.54, 1.807) is 0 Å². The first-order chi connectivity index (χ1) is 4.22. The SMILES string of the molecule is OC1=CNCC(O)C1O. The first-order valence-electron chi connectivity index (χ1n) is 2.70. The van der Waals surface area contributed by atoms with E-state index in [2.05, 4.69) is 5.32 Å². The predicted octanol–water partition coefficient (Wildman–Crippen LogP) is -1.29. The van der Waals surface area contributed by atoms with Crippen LogP contribution in [-0.2, 0) is 0 Å². The molecule has 0 fully saturated rings. The van der Waals surface area contributed by atoms with Crippen molar-refractivity contribution in [3.05, 3.63) is 12.0 Å². The van der Waals surface area contributed by atoms with Gasteiger partial charge in [-0.1, -0.05) is 0 Å². The van der Waals surface area contributed by atoms with Gasteiger partial charge in [0.15, 0.2) is 0 Å². The van der Waals surface area contributed by atoms with E-state index in [4.69, 9.17) is 15.3 Å². The second-order valence-electron chi connectivity index (χ2n) is 1.99. The fraction of sp³-hybridized carbons (Fsp3) is 0.600. The lowest BCUT2D eigenvalue weighted by Crippen LogP contribution is -2.40. The highest BCUT2D eigenvalue weighted by molar-refractivity contribution is 5.04. The van der Waals surface area contributed by atoms with Crippen molar-refractivity contribution in [1.29, 1.82) is 0 Å². The monoisotopic (exact) mass is 131 g/mol. The quantitative estimate of drug-likeness (QED) is 0.330. The van der Waals surface area contributed by atoms with Crippen LogP contribution >= 0.6 is 0 Å². The van der Waals surface area contributed by atoms with Crippen molar-refractivity contribution in [1.82, 2.24) is 5.32 Å².